The van der Waals surface area contributed by atoms with Crippen LogP contribution in [0.2, 0.25) is 0 Å². The third kappa shape index (κ3) is 7.03. The van der Waals surface area contributed by atoms with Crippen molar-refractivity contribution in [3.63, 3.8) is 0 Å². The number of piperidine rings is 1. The summed E-state index contributed by atoms with van der Waals surface area (Å²) in [6.45, 7) is 4.25. The van der Waals surface area contributed by atoms with Gasteiger partial charge in [-0.05, 0) is 66.8 Å². The number of urea groups is 1. The summed E-state index contributed by atoms with van der Waals surface area (Å²) in [5, 5.41) is 8.15. The van der Waals surface area contributed by atoms with Crippen molar-refractivity contribution in [1.82, 2.24) is 5.32 Å². The third-order valence-corrected chi connectivity index (χ3v) is 6.39. The first kappa shape index (κ1) is 26.1. The van der Waals surface area contributed by atoms with E-state index in [4.69, 9.17) is 0 Å². The van der Waals surface area contributed by atoms with Crippen LogP contribution in [-0.4, -0.2) is 25.0 Å². The third-order valence-electron chi connectivity index (χ3n) is 6.39. The largest absolute Gasteiger partial charge is 0.416 e. The molecule has 1 aliphatic heterocycles. The van der Waals surface area contributed by atoms with Crippen molar-refractivity contribution in [3.8, 4) is 0 Å². The van der Waals surface area contributed by atoms with Crippen LogP contribution in [0.25, 0.3) is 0 Å². The zero-order valence-electron chi connectivity index (χ0n) is 20.4. The molecule has 1 fully saturated rings. The second-order valence-corrected chi connectivity index (χ2v) is 9.22. The normalized spacial score (nSPS) is 14.2. The second kappa shape index (κ2) is 11.4. The lowest BCUT2D eigenvalue weighted by Gasteiger charge is -2.33. The van der Waals surface area contributed by atoms with Gasteiger partial charge in [0.25, 0.3) is 5.91 Å². The van der Waals surface area contributed by atoms with Gasteiger partial charge in [0.15, 0.2) is 0 Å². The highest BCUT2D eigenvalue weighted by Gasteiger charge is 2.30. The van der Waals surface area contributed by atoms with Crippen molar-refractivity contribution in [2.45, 2.75) is 32.5 Å². The fraction of sp³-hybridized carbons (Fsp3) is 0.286. The lowest BCUT2D eigenvalue weighted by molar-refractivity contribution is -0.137. The van der Waals surface area contributed by atoms with Gasteiger partial charge in [0.05, 0.1) is 11.1 Å². The molecule has 194 valence electrons. The highest BCUT2D eigenvalue weighted by molar-refractivity contribution is 6.04. The summed E-state index contributed by atoms with van der Waals surface area (Å²) < 4.78 is 38.3. The molecule has 1 saturated heterocycles. The summed E-state index contributed by atoms with van der Waals surface area (Å²) >= 11 is 0. The molecule has 4 rings (SSSR count). The van der Waals surface area contributed by atoms with Gasteiger partial charge in [-0.15, -0.1) is 0 Å². The Bertz CT molecular complexity index is 1220. The number of rotatable bonds is 6. The number of nitrogens with zero attached hydrogens (tertiary/aromatic N) is 1. The van der Waals surface area contributed by atoms with Crippen LogP contribution in [0, 0.1) is 5.92 Å². The number of halogens is 3. The Hall–Kier alpha value is -4.01. The molecule has 9 heteroatoms. The van der Waals surface area contributed by atoms with Crippen LogP contribution in [0.3, 0.4) is 0 Å². The molecule has 0 unspecified atom stereocenters. The first-order chi connectivity index (χ1) is 17.7. The Balaban J connectivity index is 1.49. The zero-order valence-corrected chi connectivity index (χ0v) is 20.4. The summed E-state index contributed by atoms with van der Waals surface area (Å²) in [7, 11) is 0. The highest BCUT2D eigenvalue weighted by Crippen LogP contribution is 2.31. The molecule has 0 spiro atoms. The molecule has 6 nitrogen and oxygen atoms in total. The van der Waals surface area contributed by atoms with Crippen LogP contribution < -0.4 is 20.9 Å². The fourth-order valence-electron chi connectivity index (χ4n) is 4.23. The Morgan fingerprint density at radius 3 is 2.16 bits per heavy atom. The van der Waals surface area contributed by atoms with E-state index >= 15 is 0 Å². The Morgan fingerprint density at radius 1 is 0.892 bits per heavy atom. The molecule has 0 bridgehead atoms. The summed E-state index contributed by atoms with van der Waals surface area (Å²) in [5.74, 6) is 0.366. The van der Waals surface area contributed by atoms with E-state index in [2.05, 4.69) is 27.8 Å². The molecule has 0 aliphatic carbocycles. The molecule has 3 N–H and O–H groups in total. The first-order valence-corrected chi connectivity index (χ1v) is 12.2. The standard InChI is InChI=1S/C28H29F3N4O2/c1-19-13-15-35(16-14-19)25-12-11-23(17-24(25)26(36)32-18-20-5-3-2-4-6-20)34-27(37)33-22-9-7-21(8-10-22)28(29,30)31/h2-12,17,19H,13-16,18H2,1H3,(H,32,36)(H2,33,34,37). The van der Waals surface area contributed by atoms with Crippen molar-refractivity contribution >= 4 is 29.0 Å². The molecule has 0 radical (unpaired) electrons. The number of hydrogen-bond donors (Lipinski definition) is 3. The number of anilines is 3. The quantitative estimate of drug-likeness (QED) is 0.354. The number of nitrogens with one attached hydrogen (secondary N) is 3. The molecule has 0 atom stereocenters. The monoisotopic (exact) mass is 510 g/mol. The lowest BCUT2D eigenvalue weighted by Crippen LogP contribution is -2.35. The minimum Gasteiger partial charge on any atom is -0.371 e. The lowest BCUT2D eigenvalue weighted by atomic mass is 9.97. The maximum Gasteiger partial charge on any atom is 0.416 e. The Morgan fingerprint density at radius 2 is 1.51 bits per heavy atom. The van der Waals surface area contributed by atoms with E-state index in [0.717, 1.165) is 49.3 Å². The molecule has 3 amide bonds. The van der Waals surface area contributed by atoms with Crippen molar-refractivity contribution in [3.05, 3.63) is 89.5 Å². The van der Waals surface area contributed by atoms with Gasteiger partial charge in [0.2, 0.25) is 0 Å². The zero-order chi connectivity index (χ0) is 26.4. The predicted molar refractivity (Wildman–Crippen MR) is 139 cm³/mol. The maximum atomic E-state index is 13.2. The Kier molecular flexibility index (Phi) is 8.01. The van der Waals surface area contributed by atoms with Gasteiger partial charge in [-0.2, -0.15) is 13.2 Å². The van der Waals surface area contributed by atoms with Gasteiger partial charge in [0.1, 0.15) is 0 Å². The van der Waals surface area contributed by atoms with Gasteiger partial charge in [-0.25, -0.2) is 4.79 Å². The van der Waals surface area contributed by atoms with Crippen LogP contribution >= 0.6 is 0 Å². The van der Waals surface area contributed by atoms with E-state index in [1.165, 1.54) is 12.1 Å². The SMILES string of the molecule is CC1CCN(c2ccc(NC(=O)Nc3ccc(C(F)(F)F)cc3)cc2C(=O)NCc2ccccc2)CC1. The Labute approximate surface area is 213 Å². The molecule has 1 aliphatic rings. The van der Waals surface area contributed by atoms with Crippen molar-refractivity contribution in [2.75, 3.05) is 28.6 Å². The molecule has 3 aromatic carbocycles. The number of carbonyl (C=O) groups excluding carboxylic acids is 2. The molecule has 3 aromatic rings. The average molecular weight is 511 g/mol. The fourth-order valence-corrected chi connectivity index (χ4v) is 4.23. The van der Waals surface area contributed by atoms with E-state index in [1.54, 1.807) is 12.1 Å². The molecule has 0 aromatic heterocycles. The minimum absolute atomic E-state index is 0.213. The first-order valence-electron chi connectivity index (χ1n) is 12.2. The van der Waals surface area contributed by atoms with Crippen LogP contribution in [0.4, 0.5) is 35.0 Å². The molecular weight excluding hydrogens is 481 g/mol. The van der Waals surface area contributed by atoms with Crippen molar-refractivity contribution in [2.24, 2.45) is 5.92 Å². The van der Waals surface area contributed by atoms with Crippen LogP contribution in [-0.2, 0) is 12.7 Å². The van der Waals surface area contributed by atoms with E-state index in [-0.39, 0.29) is 11.6 Å². The van der Waals surface area contributed by atoms with Gasteiger partial charge < -0.3 is 20.9 Å². The second-order valence-electron chi connectivity index (χ2n) is 9.22. The van der Waals surface area contributed by atoms with E-state index in [0.29, 0.717) is 23.7 Å². The number of alkyl halides is 3. The van der Waals surface area contributed by atoms with Gasteiger partial charge in [-0.1, -0.05) is 37.3 Å². The summed E-state index contributed by atoms with van der Waals surface area (Å²) in [6, 6.07) is 18.3. The van der Waals surface area contributed by atoms with Crippen LogP contribution in [0.1, 0.15) is 41.3 Å². The topological polar surface area (TPSA) is 73.5 Å². The molecule has 37 heavy (non-hydrogen) atoms. The number of hydrogen-bond acceptors (Lipinski definition) is 3. The summed E-state index contributed by atoms with van der Waals surface area (Å²) in [4.78, 5) is 27.9. The molecule has 0 saturated carbocycles. The average Bonchev–Trinajstić information content (AvgIpc) is 2.88. The highest BCUT2D eigenvalue weighted by atomic mass is 19.4. The number of carbonyl (C=O) groups is 2. The van der Waals surface area contributed by atoms with Crippen molar-refractivity contribution in [1.29, 1.82) is 0 Å². The summed E-state index contributed by atoms with van der Waals surface area (Å²) in [6.07, 6.45) is -2.40. The van der Waals surface area contributed by atoms with Crippen molar-refractivity contribution < 1.29 is 22.8 Å². The van der Waals surface area contributed by atoms with Gasteiger partial charge >= 0.3 is 12.2 Å². The van der Waals surface area contributed by atoms with E-state index in [9.17, 15) is 22.8 Å². The summed E-state index contributed by atoms with van der Waals surface area (Å²) in [5.41, 5.74) is 2.01. The van der Waals surface area contributed by atoms with Crippen LogP contribution in [0.15, 0.2) is 72.8 Å². The minimum atomic E-state index is -4.45. The van der Waals surface area contributed by atoms with Gasteiger partial charge in [0, 0.05) is 36.7 Å². The number of amides is 3. The number of benzene rings is 3. The molecule has 1 heterocycles. The van der Waals surface area contributed by atoms with E-state index < -0.39 is 17.8 Å². The van der Waals surface area contributed by atoms with Crippen LogP contribution in [0.5, 0.6) is 0 Å². The predicted octanol–water partition coefficient (Wildman–Crippen LogP) is 6.52. The smallest absolute Gasteiger partial charge is 0.371 e. The maximum absolute atomic E-state index is 13.2. The van der Waals surface area contributed by atoms with Gasteiger partial charge in [-0.3, -0.25) is 4.79 Å². The molecular formula is C28H29F3N4O2. The van der Waals surface area contributed by atoms with E-state index in [1.807, 2.05) is 36.4 Å².